The van der Waals surface area contributed by atoms with E-state index in [2.05, 4.69) is 30.1 Å². The fourth-order valence-corrected chi connectivity index (χ4v) is 9.45. The third-order valence-corrected chi connectivity index (χ3v) is 9.82. The van der Waals surface area contributed by atoms with Gasteiger partial charge in [-0.2, -0.15) is 0 Å². The van der Waals surface area contributed by atoms with Gasteiger partial charge in [0, 0.05) is 24.4 Å². The molecule has 154 valence electrons. The summed E-state index contributed by atoms with van der Waals surface area (Å²) in [4.78, 5) is 28.5. The molecule has 5 nitrogen and oxygen atoms in total. The van der Waals surface area contributed by atoms with Crippen LogP contribution in [0.1, 0.15) is 51.0 Å². The molecule has 3 aliphatic heterocycles. The number of carbonyl (C=O) groups is 2. The second kappa shape index (κ2) is 5.23. The maximum atomic E-state index is 13.3. The van der Waals surface area contributed by atoms with Crippen molar-refractivity contribution >= 4 is 17.6 Å². The zero-order valence-corrected chi connectivity index (χ0v) is 17.7. The number of esters is 1. The van der Waals surface area contributed by atoms with Gasteiger partial charge in [-0.15, -0.1) is 0 Å². The van der Waals surface area contributed by atoms with Crippen molar-refractivity contribution in [3.8, 4) is 0 Å². The van der Waals surface area contributed by atoms with E-state index in [9.17, 15) is 9.59 Å². The number of hydrogen-bond donors (Lipinski definition) is 0. The highest BCUT2D eigenvalue weighted by molar-refractivity contribution is 5.99. The Hall–Kier alpha value is -1.88. The number of benzene rings is 1. The molecule has 0 radical (unpaired) electrons. The highest BCUT2D eigenvalue weighted by Gasteiger charge is 2.85. The van der Waals surface area contributed by atoms with Gasteiger partial charge < -0.3 is 14.1 Å². The van der Waals surface area contributed by atoms with E-state index in [0.29, 0.717) is 6.04 Å². The number of methoxy groups -OCH3 is 1. The van der Waals surface area contributed by atoms with Crippen LogP contribution in [0.2, 0.25) is 0 Å². The summed E-state index contributed by atoms with van der Waals surface area (Å²) in [7, 11) is 3.96. The van der Waals surface area contributed by atoms with E-state index in [0.717, 1.165) is 42.4 Å². The number of quaternary nitrogens is 1. The van der Waals surface area contributed by atoms with Gasteiger partial charge in [0.05, 0.1) is 44.1 Å². The smallest absolute Gasteiger partial charge is 0.311 e. The lowest BCUT2D eigenvalue weighted by Crippen LogP contribution is -2.81. The van der Waals surface area contributed by atoms with Crippen molar-refractivity contribution in [1.29, 1.82) is 0 Å². The number of likely N-dealkylation sites (N-methyl/N-ethyl adjacent to an activating group) is 1. The quantitative estimate of drug-likeness (QED) is 0.542. The van der Waals surface area contributed by atoms with Crippen molar-refractivity contribution < 1.29 is 18.8 Å². The van der Waals surface area contributed by atoms with Gasteiger partial charge in [0.25, 0.3) is 0 Å². The minimum atomic E-state index is -0.477. The Morgan fingerprint density at radius 1 is 1.14 bits per heavy atom. The van der Waals surface area contributed by atoms with Gasteiger partial charge >= 0.3 is 5.97 Å². The summed E-state index contributed by atoms with van der Waals surface area (Å²) in [6.07, 6.45) is 6.42. The van der Waals surface area contributed by atoms with E-state index in [1.807, 2.05) is 6.07 Å². The van der Waals surface area contributed by atoms with Crippen LogP contribution in [-0.2, 0) is 19.7 Å². The Kier molecular flexibility index (Phi) is 3.24. The van der Waals surface area contributed by atoms with E-state index in [4.69, 9.17) is 4.74 Å². The Morgan fingerprint density at radius 2 is 1.93 bits per heavy atom. The summed E-state index contributed by atoms with van der Waals surface area (Å²) in [5.41, 5.74) is 1.94. The van der Waals surface area contributed by atoms with Gasteiger partial charge in [-0.25, -0.2) is 0 Å². The molecule has 3 heterocycles. The lowest BCUT2D eigenvalue weighted by atomic mass is 9.38. The SMILES string of the molecule is COC(=O)[C@@H]1C[C@@]23CCC[N+]4(C)CC[C@@]5(c6ccccc6N(C(C)=O)[C@]15CC2)[C@@H]34. The number of fused-ring (bicyclic) bond motifs is 3. The number of para-hydroxylation sites is 1. The van der Waals surface area contributed by atoms with E-state index in [-0.39, 0.29) is 28.6 Å². The normalized spacial score (nSPS) is 46.1. The zero-order valence-electron chi connectivity index (χ0n) is 17.7. The summed E-state index contributed by atoms with van der Waals surface area (Å²) in [6.45, 7) is 4.04. The summed E-state index contributed by atoms with van der Waals surface area (Å²) in [5, 5.41) is 0. The number of hydrogen-bond acceptors (Lipinski definition) is 3. The number of anilines is 1. The maximum absolute atomic E-state index is 13.3. The Morgan fingerprint density at radius 3 is 2.69 bits per heavy atom. The Bertz CT molecular complexity index is 946. The standard InChI is InChI=1S/C24H31N2O3/c1-16(27)25-19-8-5-4-7-17(19)23-12-14-26(2)13-6-9-22(21(23)26)10-11-24(23,25)18(15-22)20(28)29-3/h4-5,7-8,18,21H,6,9-15H2,1-3H3/q+1/t18-,21+,22+,23+,24+,26?/m0/s1. The van der Waals surface area contributed by atoms with Gasteiger partial charge in [0.2, 0.25) is 5.91 Å². The first-order chi connectivity index (χ1) is 13.9. The van der Waals surface area contributed by atoms with Crippen molar-refractivity contribution in [1.82, 2.24) is 0 Å². The molecule has 3 aliphatic carbocycles. The van der Waals surface area contributed by atoms with Crippen LogP contribution in [0.3, 0.4) is 0 Å². The molecule has 0 aromatic heterocycles. The fraction of sp³-hybridized carbons (Fsp3) is 0.667. The third-order valence-electron chi connectivity index (χ3n) is 9.82. The number of nitrogens with zero attached hydrogens (tertiary/aromatic N) is 2. The van der Waals surface area contributed by atoms with E-state index in [1.165, 1.54) is 32.1 Å². The minimum absolute atomic E-state index is 0.0644. The molecule has 2 bridgehead atoms. The summed E-state index contributed by atoms with van der Waals surface area (Å²) < 4.78 is 6.50. The molecule has 29 heavy (non-hydrogen) atoms. The van der Waals surface area contributed by atoms with Crippen molar-refractivity contribution in [2.24, 2.45) is 11.3 Å². The first-order valence-electron chi connectivity index (χ1n) is 11.2. The molecule has 3 saturated carbocycles. The lowest BCUT2D eigenvalue weighted by molar-refractivity contribution is -0.939. The topological polar surface area (TPSA) is 46.6 Å². The molecule has 2 saturated heterocycles. The number of piperidine rings is 1. The molecule has 5 heteroatoms. The number of carbonyl (C=O) groups excluding carboxylic acids is 2. The minimum Gasteiger partial charge on any atom is -0.469 e. The first-order valence-corrected chi connectivity index (χ1v) is 11.2. The lowest BCUT2D eigenvalue weighted by Gasteiger charge is -2.70. The highest BCUT2D eigenvalue weighted by Crippen LogP contribution is 2.77. The third kappa shape index (κ3) is 1.68. The number of amides is 1. The molecule has 6 atom stereocenters. The molecule has 1 amide bonds. The van der Waals surface area contributed by atoms with Crippen molar-refractivity contribution in [3.05, 3.63) is 29.8 Å². The zero-order chi connectivity index (χ0) is 20.2. The van der Waals surface area contributed by atoms with Crippen LogP contribution >= 0.6 is 0 Å². The van der Waals surface area contributed by atoms with Crippen LogP contribution in [0.15, 0.2) is 24.3 Å². The van der Waals surface area contributed by atoms with E-state index >= 15 is 0 Å². The van der Waals surface area contributed by atoms with Gasteiger partial charge in [-0.05, 0) is 43.7 Å². The van der Waals surface area contributed by atoms with E-state index < -0.39 is 5.54 Å². The monoisotopic (exact) mass is 395 g/mol. The Balaban J connectivity index is 1.72. The number of ether oxygens (including phenoxy) is 1. The van der Waals surface area contributed by atoms with Crippen LogP contribution in [0.4, 0.5) is 5.69 Å². The largest absolute Gasteiger partial charge is 0.469 e. The molecule has 0 N–H and O–H groups in total. The molecule has 6 aliphatic rings. The van der Waals surface area contributed by atoms with Crippen LogP contribution < -0.4 is 4.90 Å². The summed E-state index contributed by atoms with van der Waals surface area (Å²) >= 11 is 0. The summed E-state index contributed by atoms with van der Waals surface area (Å²) in [6, 6.07) is 9.02. The van der Waals surface area contributed by atoms with Gasteiger partial charge in [-0.3, -0.25) is 9.59 Å². The second-order valence-electron chi connectivity index (χ2n) is 10.6. The average Bonchev–Trinajstić information content (AvgIpc) is 3.19. The number of rotatable bonds is 1. The maximum Gasteiger partial charge on any atom is 0.311 e. The molecule has 3 spiro atoms. The molecule has 7 rings (SSSR count). The molecule has 1 unspecified atom stereocenters. The van der Waals surface area contributed by atoms with Crippen LogP contribution in [-0.4, -0.2) is 55.2 Å². The molecule has 5 fully saturated rings. The first kappa shape index (κ1) is 17.9. The van der Waals surface area contributed by atoms with Gasteiger partial charge in [0.15, 0.2) is 0 Å². The highest BCUT2D eigenvalue weighted by atomic mass is 16.5. The van der Waals surface area contributed by atoms with Gasteiger partial charge in [-0.1, -0.05) is 18.2 Å². The van der Waals surface area contributed by atoms with Gasteiger partial charge in [0.1, 0.15) is 6.04 Å². The molecular weight excluding hydrogens is 364 g/mol. The van der Waals surface area contributed by atoms with Crippen molar-refractivity contribution in [3.63, 3.8) is 0 Å². The van der Waals surface area contributed by atoms with E-state index in [1.54, 1.807) is 6.92 Å². The fourth-order valence-electron chi connectivity index (χ4n) is 9.45. The van der Waals surface area contributed by atoms with Crippen LogP contribution in [0.25, 0.3) is 0 Å². The average molecular weight is 396 g/mol. The van der Waals surface area contributed by atoms with Crippen molar-refractivity contribution in [2.75, 3.05) is 32.1 Å². The predicted octanol–water partition coefficient (Wildman–Crippen LogP) is 3.02. The molecule has 1 aromatic carbocycles. The van der Waals surface area contributed by atoms with Crippen molar-refractivity contribution in [2.45, 2.75) is 62.4 Å². The molecule has 1 aromatic rings. The van der Waals surface area contributed by atoms with Crippen LogP contribution in [0, 0.1) is 11.3 Å². The Labute approximate surface area is 172 Å². The summed E-state index contributed by atoms with van der Waals surface area (Å²) in [5.74, 6) is -0.291. The molecular formula is C24H31N2O3+. The predicted molar refractivity (Wildman–Crippen MR) is 109 cm³/mol. The van der Waals surface area contributed by atoms with Crippen LogP contribution in [0.5, 0.6) is 0 Å². The second-order valence-corrected chi connectivity index (χ2v) is 10.6.